The number of likely N-dealkylation sites (N-methyl/N-ethyl adjacent to an activating group) is 1. The van der Waals surface area contributed by atoms with E-state index in [1.165, 1.54) is 0 Å². The van der Waals surface area contributed by atoms with Crippen molar-refractivity contribution in [3.8, 4) is 6.01 Å². The maximum atomic E-state index is 5.62. The minimum Gasteiger partial charge on any atom is -0.461 e. The number of ether oxygens (including phenoxy) is 1. The molecule has 19 heavy (non-hydrogen) atoms. The lowest BCUT2D eigenvalue weighted by molar-refractivity contribution is 0.222. The molecule has 108 valence electrons. The van der Waals surface area contributed by atoms with Crippen molar-refractivity contribution in [3.63, 3.8) is 0 Å². The van der Waals surface area contributed by atoms with Crippen LogP contribution in [0, 0.1) is 0 Å². The summed E-state index contributed by atoms with van der Waals surface area (Å²) < 4.78 is 5.41. The van der Waals surface area contributed by atoms with Gasteiger partial charge in [0, 0.05) is 19.1 Å². The van der Waals surface area contributed by atoms with Crippen LogP contribution in [-0.2, 0) is 0 Å². The van der Waals surface area contributed by atoms with Gasteiger partial charge in [0.15, 0.2) is 0 Å². The van der Waals surface area contributed by atoms with Crippen LogP contribution < -0.4 is 15.8 Å². The molecule has 0 amide bonds. The molecule has 0 radical (unpaired) electrons. The maximum absolute atomic E-state index is 5.62. The number of rotatable bonds is 7. The van der Waals surface area contributed by atoms with Gasteiger partial charge in [0.05, 0.1) is 6.10 Å². The second-order valence-electron chi connectivity index (χ2n) is 4.97. The number of hydrogen-bond acceptors (Lipinski definition) is 7. The molecule has 3 N–H and O–H groups in total. The van der Waals surface area contributed by atoms with Gasteiger partial charge in [-0.3, -0.25) is 0 Å². The second-order valence-corrected chi connectivity index (χ2v) is 4.97. The van der Waals surface area contributed by atoms with Gasteiger partial charge in [0.2, 0.25) is 11.9 Å². The van der Waals surface area contributed by atoms with E-state index in [-0.39, 0.29) is 18.1 Å². The summed E-state index contributed by atoms with van der Waals surface area (Å²) in [5.74, 6) is 0.602. The number of nitrogens with one attached hydrogen (secondary N) is 1. The number of nitrogen functional groups attached to an aromatic ring is 1. The molecule has 0 spiro atoms. The molecule has 0 bridgehead atoms. The molecular formula is C12H24N6O. The van der Waals surface area contributed by atoms with Gasteiger partial charge >= 0.3 is 6.01 Å². The molecule has 0 atom stereocenters. The summed E-state index contributed by atoms with van der Waals surface area (Å²) >= 11 is 0. The van der Waals surface area contributed by atoms with Gasteiger partial charge in [-0.2, -0.15) is 15.0 Å². The van der Waals surface area contributed by atoms with Gasteiger partial charge in [-0.15, -0.1) is 0 Å². The number of hydrogen-bond donors (Lipinski definition) is 2. The Bertz CT molecular complexity index is 396. The number of aromatic nitrogens is 3. The van der Waals surface area contributed by atoms with E-state index < -0.39 is 0 Å². The minimum atomic E-state index is 0.00160. The summed E-state index contributed by atoms with van der Waals surface area (Å²) in [7, 11) is 2.07. The highest BCUT2D eigenvalue weighted by atomic mass is 16.5. The van der Waals surface area contributed by atoms with E-state index in [1.807, 2.05) is 13.8 Å². The van der Waals surface area contributed by atoms with Crippen molar-refractivity contribution in [2.45, 2.75) is 39.8 Å². The zero-order chi connectivity index (χ0) is 14.4. The zero-order valence-corrected chi connectivity index (χ0v) is 12.3. The van der Waals surface area contributed by atoms with Gasteiger partial charge in [-0.1, -0.05) is 0 Å². The Hall–Kier alpha value is -1.63. The molecule has 0 aromatic carbocycles. The van der Waals surface area contributed by atoms with Crippen molar-refractivity contribution in [2.75, 3.05) is 31.2 Å². The fourth-order valence-corrected chi connectivity index (χ4v) is 1.32. The molecule has 7 nitrogen and oxygen atoms in total. The molecule has 0 fully saturated rings. The lowest BCUT2D eigenvalue weighted by Gasteiger charge is -2.20. The first-order chi connectivity index (χ1) is 8.88. The third-order valence-corrected chi connectivity index (χ3v) is 2.60. The molecule has 0 unspecified atom stereocenters. The van der Waals surface area contributed by atoms with Gasteiger partial charge in [-0.25, -0.2) is 0 Å². The van der Waals surface area contributed by atoms with Crippen molar-refractivity contribution < 1.29 is 4.74 Å². The smallest absolute Gasteiger partial charge is 0.323 e. The molecule has 7 heteroatoms. The van der Waals surface area contributed by atoms with E-state index in [2.05, 4.69) is 46.1 Å². The van der Waals surface area contributed by atoms with Gasteiger partial charge in [0.25, 0.3) is 0 Å². The topological polar surface area (TPSA) is 89.2 Å². The molecule has 0 saturated carbocycles. The predicted molar refractivity (Wildman–Crippen MR) is 76.3 cm³/mol. The molecule has 1 heterocycles. The van der Waals surface area contributed by atoms with E-state index in [0.29, 0.717) is 12.0 Å². The fourth-order valence-electron chi connectivity index (χ4n) is 1.32. The Morgan fingerprint density at radius 2 is 1.89 bits per heavy atom. The average molecular weight is 268 g/mol. The Kier molecular flexibility index (Phi) is 5.75. The minimum absolute atomic E-state index is 0.00160. The molecular weight excluding hydrogens is 244 g/mol. The lowest BCUT2D eigenvalue weighted by atomic mass is 10.3. The highest BCUT2D eigenvalue weighted by molar-refractivity contribution is 5.32. The zero-order valence-electron chi connectivity index (χ0n) is 12.3. The van der Waals surface area contributed by atoms with Gasteiger partial charge < -0.3 is 20.7 Å². The summed E-state index contributed by atoms with van der Waals surface area (Å²) in [6.45, 7) is 9.74. The Labute approximate surface area is 114 Å². The first-order valence-corrected chi connectivity index (χ1v) is 6.50. The Morgan fingerprint density at radius 1 is 1.21 bits per heavy atom. The second kappa shape index (κ2) is 7.08. The fraction of sp³-hybridized carbons (Fsp3) is 0.750. The van der Waals surface area contributed by atoms with Crippen LogP contribution in [0.1, 0.15) is 27.7 Å². The van der Waals surface area contributed by atoms with Crippen molar-refractivity contribution >= 4 is 11.9 Å². The summed E-state index contributed by atoms with van der Waals surface area (Å²) in [4.78, 5) is 14.3. The highest BCUT2D eigenvalue weighted by Crippen LogP contribution is 2.10. The van der Waals surface area contributed by atoms with Crippen molar-refractivity contribution in [1.82, 2.24) is 19.9 Å². The summed E-state index contributed by atoms with van der Waals surface area (Å²) in [6, 6.07) is 0.757. The standard InChI is InChI=1S/C12H24N6O/c1-8(2)18(5)7-6-14-11-15-10(13)16-12(17-11)19-9(3)4/h8-9H,6-7H2,1-5H3,(H3,13,14,15,16,17). The van der Waals surface area contributed by atoms with E-state index in [4.69, 9.17) is 10.5 Å². The monoisotopic (exact) mass is 268 g/mol. The summed E-state index contributed by atoms with van der Waals surface area (Å²) in [6.07, 6.45) is 0.00160. The van der Waals surface area contributed by atoms with E-state index in [0.717, 1.165) is 13.1 Å². The van der Waals surface area contributed by atoms with E-state index >= 15 is 0 Å². The molecule has 0 saturated heterocycles. The Balaban J connectivity index is 2.56. The van der Waals surface area contributed by atoms with Crippen LogP contribution in [-0.4, -0.2) is 52.1 Å². The van der Waals surface area contributed by atoms with Gasteiger partial charge in [0.1, 0.15) is 0 Å². The van der Waals surface area contributed by atoms with Gasteiger partial charge in [-0.05, 0) is 34.7 Å². The van der Waals surface area contributed by atoms with Crippen LogP contribution in [0.3, 0.4) is 0 Å². The first-order valence-electron chi connectivity index (χ1n) is 6.50. The molecule has 1 rings (SSSR count). The third kappa shape index (κ3) is 5.69. The van der Waals surface area contributed by atoms with Crippen LogP contribution >= 0.6 is 0 Å². The lowest BCUT2D eigenvalue weighted by Crippen LogP contribution is -2.31. The number of nitrogens with two attached hydrogens (primary N) is 1. The van der Waals surface area contributed by atoms with Crippen LogP contribution in [0.25, 0.3) is 0 Å². The van der Waals surface area contributed by atoms with Crippen molar-refractivity contribution in [1.29, 1.82) is 0 Å². The molecule has 0 aliphatic carbocycles. The Morgan fingerprint density at radius 3 is 2.47 bits per heavy atom. The molecule has 0 aliphatic heterocycles. The molecule has 0 aliphatic rings. The number of anilines is 2. The van der Waals surface area contributed by atoms with Crippen LogP contribution in [0.4, 0.5) is 11.9 Å². The van der Waals surface area contributed by atoms with Crippen molar-refractivity contribution in [3.05, 3.63) is 0 Å². The summed E-state index contributed by atoms with van der Waals surface area (Å²) in [5, 5.41) is 3.12. The quantitative estimate of drug-likeness (QED) is 0.762. The molecule has 1 aromatic rings. The van der Waals surface area contributed by atoms with Crippen LogP contribution in [0.15, 0.2) is 0 Å². The highest BCUT2D eigenvalue weighted by Gasteiger charge is 2.07. The average Bonchev–Trinajstić information content (AvgIpc) is 2.26. The predicted octanol–water partition coefficient (Wildman–Crippen LogP) is 0.993. The van der Waals surface area contributed by atoms with Crippen LogP contribution in [0.2, 0.25) is 0 Å². The third-order valence-electron chi connectivity index (χ3n) is 2.60. The maximum Gasteiger partial charge on any atom is 0.323 e. The normalized spacial score (nSPS) is 11.4. The SMILES string of the molecule is CC(C)Oc1nc(N)nc(NCCN(C)C(C)C)n1. The van der Waals surface area contributed by atoms with Crippen molar-refractivity contribution in [2.24, 2.45) is 0 Å². The largest absolute Gasteiger partial charge is 0.461 e. The van der Waals surface area contributed by atoms with E-state index in [9.17, 15) is 0 Å². The number of nitrogens with zero attached hydrogens (tertiary/aromatic N) is 4. The summed E-state index contributed by atoms with van der Waals surface area (Å²) in [5.41, 5.74) is 5.62. The van der Waals surface area contributed by atoms with Crippen LogP contribution in [0.5, 0.6) is 6.01 Å². The molecule has 1 aromatic heterocycles. The first kappa shape index (κ1) is 15.4. The van der Waals surface area contributed by atoms with E-state index in [1.54, 1.807) is 0 Å².